The number of carbonyl (C=O) groups excluding carboxylic acids is 3. The summed E-state index contributed by atoms with van der Waals surface area (Å²) in [5.74, 6) is 0.867. The van der Waals surface area contributed by atoms with Crippen molar-refractivity contribution in [3.05, 3.63) is 0 Å². The summed E-state index contributed by atoms with van der Waals surface area (Å²) in [6.07, 6.45) is 58.2. The second-order valence-electron chi connectivity index (χ2n) is 21.7. The standard InChI is InChI=1S/C61H118O6/c1-6-8-9-10-11-12-13-14-15-21-25-28-31-38-43-48-53-61(64)67-58(55-66-60(63)52-47-42-37-33-32-34-39-44-49-56(3)4)54-65-59(62)51-46-41-36-30-27-24-22-19-17-16-18-20-23-26-29-35-40-45-50-57(5)7-2/h56-58H,6-55H2,1-5H3/t57?,58-/m1/s1. The molecule has 0 rings (SSSR count). The highest BCUT2D eigenvalue weighted by molar-refractivity contribution is 5.71. The summed E-state index contributed by atoms with van der Waals surface area (Å²) in [4.78, 5) is 38.1. The Bertz CT molecular complexity index is 1030. The first kappa shape index (κ1) is 65.4. The minimum atomic E-state index is -0.763. The molecule has 0 saturated heterocycles. The number of ether oxygens (including phenoxy) is 3. The zero-order valence-corrected chi connectivity index (χ0v) is 46.0. The molecule has 0 bridgehead atoms. The van der Waals surface area contributed by atoms with Gasteiger partial charge in [-0.15, -0.1) is 0 Å². The van der Waals surface area contributed by atoms with Crippen LogP contribution in [-0.2, 0) is 28.6 Å². The molecule has 1 unspecified atom stereocenters. The van der Waals surface area contributed by atoms with Crippen molar-refractivity contribution in [1.82, 2.24) is 0 Å². The molecule has 0 radical (unpaired) electrons. The molecule has 67 heavy (non-hydrogen) atoms. The van der Waals surface area contributed by atoms with Gasteiger partial charge < -0.3 is 14.2 Å². The van der Waals surface area contributed by atoms with Crippen LogP contribution in [0, 0.1) is 11.8 Å². The Balaban J connectivity index is 4.21. The van der Waals surface area contributed by atoms with Gasteiger partial charge in [-0.2, -0.15) is 0 Å². The summed E-state index contributed by atoms with van der Waals surface area (Å²) in [5, 5.41) is 0. The summed E-state index contributed by atoms with van der Waals surface area (Å²) in [6, 6.07) is 0. The molecule has 0 aromatic rings. The van der Waals surface area contributed by atoms with Gasteiger partial charge in [0.05, 0.1) is 0 Å². The van der Waals surface area contributed by atoms with Crippen molar-refractivity contribution in [3.8, 4) is 0 Å². The third-order valence-corrected chi connectivity index (χ3v) is 14.3. The van der Waals surface area contributed by atoms with Crippen LogP contribution in [0.4, 0.5) is 0 Å². The Kier molecular flexibility index (Phi) is 52.5. The second kappa shape index (κ2) is 53.8. The van der Waals surface area contributed by atoms with Gasteiger partial charge in [0.1, 0.15) is 13.2 Å². The first-order chi connectivity index (χ1) is 32.8. The van der Waals surface area contributed by atoms with Gasteiger partial charge in [0.2, 0.25) is 0 Å². The number of unbranched alkanes of at least 4 members (excludes halogenated alkanes) is 39. The topological polar surface area (TPSA) is 78.9 Å². The van der Waals surface area contributed by atoms with Crippen LogP contribution in [0.5, 0.6) is 0 Å². The minimum Gasteiger partial charge on any atom is -0.462 e. The summed E-state index contributed by atoms with van der Waals surface area (Å²) in [6.45, 7) is 11.4. The summed E-state index contributed by atoms with van der Waals surface area (Å²) >= 11 is 0. The molecule has 0 saturated carbocycles. The lowest BCUT2D eigenvalue weighted by molar-refractivity contribution is -0.167. The van der Waals surface area contributed by atoms with Crippen molar-refractivity contribution in [3.63, 3.8) is 0 Å². The highest BCUT2D eigenvalue weighted by Gasteiger charge is 2.19. The quantitative estimate of drug-likeness (QED) is 0.0343. The largest absolute Gasteiger partial charge is 0.462 e. The van der Waals surface area contributed by atoms with E-state index in [1.165, 1.54) is 231 Å². The van der Waals surface area contributed by atoms with Gasteiger partial charge in [0, 0.05) is 19.3 Å². The molecule has 398 valence electrons. The smallest absolute Gasteiger partial charge is 0.306 e. The van der Waals surface area contributed by atoms with Crippen LogP contribution >= 0.6 is 0 Å². The molecule has 0 aromatic heterocycles. The molecule has 0 heterocycles. The van der Waals surface area contributed by atoms with Gasteiger partial charge >= 0.3 is 17.9 Å². The SMILES string of the molecule is CCCCCCCCCCCCCCCCCCC(=O)O[C@H](COC(=O)CCCCCCCCCCCCCCCCCCCCC(C)CC)COC(=O)CCCCCCCCCCC(C)C. The van der Waals surface area contributed by atoms with Crippen molar-refractivity contribution in [2.24, 2.45) is 11.8 Å². The summed E-state index contributed by atoms with van der Waals surface area (Å²) in [7, 11) is 0. The summed E-state index contributed by atoms with van der Waals surface area (Å²) < 4.78 is 16.9. The zero-order valence-electron chi connectivity index (χ0n) is 46.0. The van der Waals surface area contributed by atoms with Crippen molar-refractivity contribution in [2.45, 2.75) is 349 Å². The van der Waals surface area contributed by atoms with Gasteiger partial charge in [-0.25, -0.2) is 0 Å². The molecule has 0 spiro atoms. The Morgan fingerprint density at radius 1 is 0.313 bits per heavy atom. The third-order valence-electron chi connectivity index (χ3n) is 14.3. The molecule has 0 aliphatic carbocycles. The van der Waals surface area contributed by atoms with E-state index in [2.05, 4.69) is 34.6 Å². The van der Waals surface area contributed by atoms with Gasteiger partial charge in [0.25, 0.3) is 0 Å². The van der Waals surface area contributed by atoms with Crippen LogP contribution in [0.1, 0.15) is 343 Å². The Morgan fingerprint density at radius 3 is 0.851 bits per heavy atom. The maximum Gasteiger partial charge on any atom is 0.306 e. The fourth-order valence-electron chi connectivity index (χ4n) is 9.37. The highest BCUT2D eigenvalue weighted by Crippen LogP contribution is 2.19. The number of esters is 3. The first-order valence-corrected chi connectivity index (χ1v) is 30.3. The highest BCUT2D eigenvalue weighted by atomic mass is 16.6. The first-order valence-electron chi connectivity index (χ1n) is 30.3. The van der Waals surface area contributed by atoms with E-state index < -0.39 is 6.10 Å². The molecule has 0 amide bonds. The minimum absolute atomic E-state index is 0.0628. The fraction of sp³-hybridized carbons (Fsp3) is 0.951. The predicted octanol–water partition coefficient (Wildman–Crippen LogP) is 20.0. The number of carbonyl (C=O) groups is 3. The van der Waals surface area contributed by atoms with Crippen LogP contribution in [-0.4, -0.2) is 37.2 Å². The van der Waals surface area contributed by atoms with Crippen LogP contribution in [0.25, 0.3) is 0 Å². The molecule has 2 atom stereocenters. The van der Waals surface area contributed by atoms with Gasteiger partial charge in [-0.3, -0.25) is 14.4 Å². The molecule has 6 nitrogen and oxygen atoms in total. The van der Waals surface area contributed by atoms with Crippen LogP contribution in [0.3, 0.4) is 0 Å². The normalized spacial score (nSPS) is 12.4. The van der Waals surface area contributed by atoms with Crippen molar-refractivity contribution < 1.29 is 28.6 Å². The van der Waals surface area contributed by atoms with Crippen LogP contribution in [0.15, 0.2) is 0 Å². The molecule has 0 aliphatic rings. The Hall–Kier alpha value is -1.59. The number of hydrogen-bond acceptors (Lipinski definition) is 6. The molecule has 0 aromatic carbocycles. The lowest BCUT2D eigenvalue weighted by Crippen LogP contribution is -2.30. The Labute approximate surface area is 418 Å². The van der Waals surface area contributed by atoms with E-state index in [-0.39, 0.29) is 31.1 Å². The van der Waals surface area contributed by atoms with Crippen LogP contribution in [0.2, 0.25) is 0 Å². The van der Waals surface area contributed by atoms with E-state index in [4.69, 9.17) is 14.2 Å². The monoisotopic (exact) mass is 947 g/mol. The predicted molar refractivity (Wildman–Crippen MR) is 289 cm³/mol. The van der Waals surface area contributed by atoms with Crippen molar-refractivity contribution >= 4 is 17.9 Å². The molecule has 6 heteroatoms. The lowest BCUT2D eigenvalue weighted by Gasteiger charge is -2.18. The third kappa shape index (κ3) is 53.6. The Morgan fingerprint density at radius 2 is 0.567 bits per heavy atom. The molecular weight excluding hydrogens is 829 g/mol. The molecule has 0 aliphatic heterocycles. The van der Waals surface area contributed by atoms with Gasteiger partial charge in [-0.05, 0) is 31.1 Å². The maximum absolute atomic E-state index is 12.9. The van der Waals surface area contributed by atoms with E-state index in [0.717, 1.165) is 69.6 Å². The van der Waals surface area contributed by atoms with Crippen molar-refractivity contribution in [1.29, 1.82) is 0 Å². The lowest BCUT2D eigenvalue weighted by atomic mass is 9.99. The average Bonchev–Trinajstić information content (AvgIpc) is 3.31. The summed E-state index contributed by atoms with van der Waals surface area (Å²) in [5.41, 5.74) is 0. The second-order valence-corrected chi connectivity index (χ2v) is 21.7. The molecule has 0 fully saturated rings. The van der Waals surface area contributed by atoms with Gasteiger partial charge in [0.15, 0.2) is 6.10 Å². The maximum atomic E-state index is 12.9. The number of hydrogen-bond donors (Lipinski definition) is 0. The molecular formula is C61H118O6. The van der Waals surface area contributed by atoms with E-state index in [0.29, 0.717) is 19.3 Å². The fourth-order valence-corrected chi connectivity index (χ4v) is 9.37. The molecule has 0 N–H and O–H groups in total. The van der Waals surface area contributed by atoms with E-state index in [1.54, 1.807) is 0 Å². The van der Waals surface area contributed by atoms with E-state index >= 15 is 0 Å². The van der Waals surface area contributed by atoms with Crippen molar-refractivity contribution in [2.75, 3.05) is 13.2 Å². The van der Waals surface area contributed by atoms with E-state index in [1.807, 2.05) is 0 Å². The number of rotatable bonds is 55. The zero-order chi connectivity index (χ0) is 48.9. The van der Waals surface area contributed by atoms with Crippen LogP contribution < -0.4 is 0 Å². The average molecular weight is 948 g/mol. The van der Waals surface area contributed by atoms with Gasteiger partial charge in [-0.1, -0.05) is 304 Å². The van der Waals surface area contributed by atoms with E-state index in [9.17, 15) is 14.4 Å².